The van der Waals surface area contributed by atoms with Gasteiger partial charge in [0.05, 0.1) is 13.2 Å². The molecule has 7 nitrogen and oxygen atoms in total. The average molecular weight is 482 g/mol. The molecule has 0 radical (unpaired) electrons. The van der Waals surface area contributed by atoms with E-state index in [1.807, 2.05) is 24.3 Å². The van der Waals surface area contributed by atoms with Gasteiger partial charge < -0.3 is 26.3 Å². The lowest BCUT2D eigenvalue weighted by molar-refractivity contribution is 0.1000. The van der Waals surface area contributed by atoms with E-state index in [1.165, 1.54) is 0 Å². The van der Waals surface area contributed by atoms with Crippen molar-refractivity contribution in [2.24, 2.45) is 16.5 Å². The van der Waals surface area contributed by atoms with Gasteiger partial charge in [-0.25, -0.2) is 0 Å². The minimum atomic E-state index is -0.439. The number of rotatable bonds is 5. The molecule has 0 spiro atoms. The quantitative estimate of drug-likeness (QED) is 0.345. The van der Waals surface area contributed by atoms with Crippen molar-refractivity contribution in [3.63, 3.8) is 0 Å². The van der Waals surface area contributed by atoms with Crippen molar-refractivity contribution in [2.45, 2.75) is 12.8 Å². The number of ether oxygens (including phenoxy) is 2. The normalized spacial score (nSPS) is 13.3. The molecule has 1 heterocycles. The van der Waals surface area contributed by atoms with Crippen LogP contribution in [0.25, 0.3) is 0 Å². The van der Waals surface area contributed by atoms with Crippen molar-refractivity contribution < 1.29 is 14.3 Å². The number of anilines is 1. The van der Waals surface area contributed by atoms with Gasteiger partial charge in [0.1, 0.15) is 0 Å². The molecule has 1 aliphatic rings. The number of primary amides is 1. The number of fused-ring (bicyclic) bond motifs is 1. The van der Waals surface area contributed by atoms with Crippen LogP contribution in [0.1, 0.15) is 22.3 Å². The summed E-state index contributed by atoms with van der Waals surface area (Å²) in [5, 5.41) is 3.05. The molecular weight excluding hydrogens is 459 g/mol. The molecule has 144 valence electrons. The number of carbonyl (C=O) groups is 1. The third kappa shape index (κ3) is 6.02. The molecule has 3 rings (SSSR count). The van der Waals surface area contributed by atoms with Gasteiger partial charge in [0, 0.05) is 30.3 Å². The van der Waals surface area contributed by atoms with Gasteiger partial charge >= 0.3 is 0 Å². The van der Waals surface area contributed by atoms with Crippen LogP contribution in [0.15, 0.2) is 47.5 Å². The molecule has 8 heteroatoms. The molecule has 5 N–H and O–H groups in total. The first kappa shape index (κ1) is 20.8. The van der Waals surface area contributed by atoms with E-state index in [9.17, 15) is 4.79 Å². The van der Waals surface area contributed by atoms with E-state index in [0.717, 1.165) is 23.4 Å². The monoisotopic (exact) mass is 482 g/mol. The highest BCUT2D eigenvalue weighted by molar-refractivity contribution is 14.0. The van der Waals surface area contributed by atoms with Crippen molar-refractivity contribution in [2.75, 3.05) is 25.1 Å². The van der Waals surface area contributed by atoms with Gasteiger partial charge in [-0.05, 0) is 36.2 Å². The van der Waals surface area contributed by atoms with E-state index in [-0.39, 0.29) is 24.0 Å². The van der Waals surface area contributed by atoms with Crippen LogP contribution in [0.3, 0.4) is 0 Å². The number of hydrogen-bond donors (Lipinski definition) is 3. The second-order valence-corrected chi connectivity index (χ2v) is 5.92. The molecule has 1 aliphatic heterocycles. The Morgan fingerprint density at radius 2 is 1.85 bits per heavy atom. The van der Waals surface area contributed by atoms with E-state index in [4.69, 9.17) is 20.9 Å². The zero-order valence-corrected chi connectivity index (χ0v) is 17.1. The highest BCUT2D eigenvalue weighted by Crippen LogP contribution is 2.32. The Labute approximate surface area is 175 Å². The maximum absolute atomic E-state index is 11.2. The third-order valence-corrected chi connectivity index (χ3v) is 3.91. The number of nitrogens with one attached hydrogen (secondary N) is 1. The number of amides is 1. The molecule has 0 unspecified atom stereocenters. The molecule has 0 saturated heterocycles. The summed E-state index contributed by atoms with van der Waals surface area (Å²) < 4.78 is 11.3. The van der Waals surface area contributed by atoms with Crippen LogP contribution in [0.5, 0.6) is 11.5 Å². The van der Waals surface area contributed by atoms with Gasteiger partial charge in [0.25, 0.3) is 0 Å². The zero-order chi connectivity index (χ0) is 18.4. The number of guanidine groups is 1. The number of halogens is 1. The van der Waals surface area contributed by atoms with Crippen LogP contribution in [0.2, 0.25) is 0 Å². The highest BCUT2D eigenvalue weighted by atomic mass is 127. The number of benzene rings is 2. The Balaban J connectivity index is 0.00000261. The van der Waals surface area contributed by atoms with Crippen molar-refractivity contribution in [3.8, 4) is 11.5 Å². The van der Waals surface area contributed by atoms with Crippen LogP contribution in [-0.4, -0.2) is 31.6 Å². The molecule has 2 aromatic rings. The van der Waals surface area contributed by atoms with Gasteiger partial charge in [-0.2, -0.15) is 0 Å². The standard InChI is InChI=1S/C19H22N4O3.HI/c20-18(24)14-4-1-3-13(11-14)7-8-22-19(21)23-15-5-6-16-17(12-15)26-10-2-9-25-16;/h1,3-6,11-12H,2,7-10H2,(H2,20,24)(H3,21,22,23);1H. The maximum atomic E-state index is 11.2. The molecule has 0 fully saturated rings. The zero-order valence-electron chi connectivity index (χ0n) is 14.8. The van der Waals surface area contributed by atoms with Gasteiger partial charge in [-0.1, -0.05) is 12.1 Å². The second kappa shape index (κ2) is 10.0. The summed E-state index contributed by atoms with van der Waals surface area (Å²) in [6.45, 7) is 1.77. The molecule has 0 aromatic heterocycles. The SMILES string of the molecule is I.NC(=O)c1cccc(CCN=C(N)Nc2ccc3c(c2)OCCCO3)c1. The van der Waals surface area contributed by atoms with Gasteiger partial charge in [-0.15, -0.1) is 24.0 Å². The van der Waals surface area contributed by atoms with Crippen molar-refractivity contribution in [1.82, 2.24) is 0 Å². The lowest BCUT2D eigenvalue weighted by Gasteiger charge is -2.10. The van der Waals surface area contributed by atoms with E-state index in [1.54, 1.807) is 18.2 Å². The molecule has 0 bridgehead atoms. The molecular formula is C19H23IN4O3. The smallest absolute Gasteiger partial charge is 0.248 e. The van der Waals surface area contributed by atoms with Crippen LogP contribution >= 0.6 is 24.0 Å². The number of aliphatic imine (C=N–C) groups is 1. The fourth-order valence-electron chi connectivity index (χ4n) is 2.61. The fourth-order valence-corrected chi connectivity index (χ4v) is 2.61. The summed E-state index contributed by atoms with van der Waals surface area (Å²) in [5.74, 6) is 1.30. The molecule has 0 saturated carbocycles. The lowest BCUT2D eigenvalue weighted by Crippen LogP contribution is -2.23. The highest BCUT2D eigenvalue weighted by Gasteiger charge is 2.10. The fraction of sp³-hybridized carbons (Fsp3) is 0.263. The second-order valence-electron chi connectivity index (χ2n) is 5.92. The van der Waals surface area contributed by atoms with Gasteiger partial charge in [0.15, 0.2) is 17.5 Å². The number of nitrogens with two attached hydrogens (primary N) is 2. The largest absolute Gasteiger partial charge is 0.490 e. The summed E-state index contributed by atoms with van der Waals surface area (Å²) in [6, 6.07) is 12.8. The number of carbonyl (C=O) groups excluding carboxylic acids is 1. The first-order valence-electron chi connectivity index (χ1n) is 8.47. The van der Waals surface area contributed by atoms with Gasteiger partial charge in [-0.3, -0.25) is 9.79 Å². The summed E-state index contributed by atoms with van der Waals surface area (Å²) >= 11 is 0. The average Bonchev–Trinajstić information content (AvgIpc) is 2.87. The van der Waals surface area contributed by atoms with Crippen LogP contribution < -0.4 is 26.3 Å². The topological polar surface area (TPSA) is 112 Å². The Kier molecular flexibility index (Phi) is 7.71. The summed E-state index contributed by atoms with van der Waals surface area (Å²) in [5.41, 5.74) is 13.5. The Hall–Kier alpha value is -2.49. The molecule has 27 heavy (non-hydrogen) atoms. The molecule has 2 aromatic carbocycles. The van der Waals surface area contributed by atoms with E-state index in [0.29, 0.717) is 43.5 Å². The van der Waals surface area contributed by atoms with E-state index < -0.39 is 5.91 Å². The minimum Gasteiger partial charge on any atom is -0.490 e. The third-order valence-electron chi connectivity index (χ3n) is 3.91. The minimum absolute atomic E-state index is 0. The number of nitrogens with zero attached hydrogens (tertiary/aromatic N) is 1. The van der Waals surface area contributed by atoms with Crippen LogP contribution in [0.4, 0.5) is 5.69 Å². The molecule has 0 atom stereocenters. The number of hydrogen-bond acceptors (Lipinski definition) is 4. The summed E-state index contributed by atoms with van der Waals surface area (Å²) in [7, 11) is 0. The Morgan fingerprint density at radius 1 is 1.07 bits per heavy atom. The van der Waals surface area contributed by atoms with Crippen molar-refractivity contribution >= 4 is 41.5 Å². The Bertz CT molecular complexity index is 826. The molecule has 1 amide bonds. The lowest BCUT2D eigenvalue weighted by atomic mass is 10.1. The molecule has 0 aliphatic carbocycles. The Morgan fingerprint density at radius 3 is 2.63 bits per heavy atom. The van der Waals surface area contributed by atoms with Crippen LogP contribution in [0, 0.1) is 0 Å². The maximum Gasteiger partial charge on any atom is 0.248 e. The first-order chi connectivity index (χ1) is 12.6. The van der Waals surface area contributed by atoms with Gasteiger partial charge in [0.2, 0.25) is 5.91 Å². The van der Waals surface area contributed by atoms with E-state index >= 15 is 0 Å². The predicted molar refractivity (Wildman–Crippen MR) is 116 cm³/mol. The summed E-state index contributed by atoms with van der Waals surface area (Å²) in [4.78, 5) is 15.5. The van der Waals surface area contributed by atoms with Crippen LogP contribution in [-0.2, 0) is 6.42 Å². The van der Waals surface area contributed by atoms with Crippen molar-refractivity contribution in [1.29, 1.82) is 0 Å². The first-order valence-corrected chi connectivity index (χ1v) is 8.47. The predicted octanol–water partition coefficient (Wildman–Crippen LogP) is 2.53. The van der Waals surface area contributed by atoms with Crippen molar-refractivity contribution in [3.05, 3.63) is 53.6 Å². The van der Waals surface area contributed by atoms with E-state index in [2.05, 4.69) is 10.3 Å². The summed E-state index contributed by atoms with van der Waals surface area (Å²) in [6.07, 6.45) is 1.52.